The molecule has 0 spiro atoms. The molecular formula is C11H20NO4P5. The summed E-state index contributed by atoms with van der Waals surface area (Å²) in [6, 6.07) is 0.00726. The lowest BCUT2D eigenvalue weighted by Crippen LogP contribution is -2.63. The molecule has 2 rings (SSSR count). The first kappa shape index (κ1) is 18.1. The number of carbonyl (C=O) groups is 2. The van der Waals surface area contributed by atoms with Gasteiger partial charge in [0.1, 0.15) is 5.70 Å². The Morgan fingerprint density at radius 2 is 2.10 bits per heavy atom. The van der Waals surface area contributed by atoms with Crippen LogP contribution in [0.5, 0.6) is 0 Å². The van der Waals surface area contributed by atoms with Crippen molar-refractivity contribution >= 4 is 54.7 Å². The maximum absolute atomic E-state index is 12.5. The Kier molecular flexibility index (Phi) is 6.16. The van der Waals surface area contributed by atoms with Crippen LogP contribution in [0.3, 0.4) is 0 Å². The number of fused-ring (bicyclic) bond motifs is 1. The van der Waals surface area contributed by atoms with Crippen molar-refractivity contribution in [3.05, 3.63) is 11.3 Å². The molecule has 2 heterocycles. The second-order valence-electron chi connectivity index (χ2n) is 5.22. The van der Waals surface area contributed by atoms with Gasteiger partial charge < -0.3 is 13.9 Å². The van der Waals surface area contributed by atoms with E-state index in [1.165, 1.54) is 0 Å². The first-order chi connectivity index (χ1) is 9.81. The third kappa shape index (κ3) is 3.21. The maximum Gasteiger partial charge on any atom is 0.357 e. The topological polar surface area (TPSA) is 55.8 Å². The van der Waals surface area contributed by atoms with E-state index in [0.717, 1.165) is 5.57 Å². The minimum absolute atomic E-state index is 0.00213. The average molecular weight is 385 g/mol. The van der Waals surface area contributed by atoms with Gasteiger partial charge >= 0.3 is 5.97 Å². The largest absolute Gasteiger partial charge is 0.440 e. The van der Waals surface area contributed by atoms with Gasteiger partial charge in [0.2, 0.25) is 5.91 Å². The van der Waals surface area contributed by atoms with E-state index in [4.69, 9.17) is 9.05 Å². The van der Waals surface area contributed by atoms with Crippen LogP contribution in [0.1, 0.15) is 20.8 Å². The van der Waals surface area contributed by atoms with E-state index >= 15 is 0 Å². The average Bonchev–Trinajstić information content (AvgIpc) is 2.59. The molecule has 0 aliphatic carbocycles. The molecule has 5 nitrogen and oxygen atoms in total. The van der Waals surface area contributed by atoms with Gasteiger partial charge in [-0.05, 0) is 19.4 Å². The van der Waals surface area contributed by atoms with Crippen molar-refractivity contribution in [2.24, 2.45) is 11.8 Å². The minimum Gasteiger partial charge on any atom is -0.440 e. The summed E-state index contributed by atoms with van der Waals surface area (Å²) < 4.78 is 10.8. The monoisotopic (exact) mass is 385 g/mol. The molecule has 0 N–H and O–H groups in total. The number of β-lactam (4-membered cyclic amide) rings is 1. The van der Waals surface area contributed by atoms with Crippen molar-refractivity contribution < 1.29 is 18.6 Å². The fourth-order valence-corrected chi connectivity index (χ4v) is 5.28. The molecule has 0 aromatic rings. The second kappa shape index (κ2) is 7.13. The first-order valence-electron chi connectivity index (χ1n) is 6.48. The Labute approximate surface area is 134 Å². The van der Waals surface area contributed by atoms with Crippen LogP contribution in [-0.2, 0) is 18.6 Å². The lowest BCUT2D eigenvalue weighted by molar-refractivity contribution is -0.161. The number of rotatable bonds is 5. The van der Waals surface area contributed by atoms with Crippen LogP contribution < -0.4 is 0 Å². The van der Waals surface area contributed by atoms with Crippen molar-refractivity contribution in [1.29, 1.82) is 0 Å². The van der Waals surface area contributed by atoms with E-state index in [2.05, 4.69) is 26.8 Å². The molecule has 118 valence electrons. The van der Waals surface area contributed by atoms with Crippen LogP contribution >= 0.6 is 42.8 Å². The Bertz CT molecular complexity index is 497. The summed E-state index contributed by atoms with van der Waals surface area (Å²) in [7, 11) is 6.89. The SMILES string of the molecule is CC1=C(C(=O)OPP)N2C(=O)[C@H]([C@@H](C)OP(P)P)[C@H]2[C@H]1C. The molecular weight excluding hydrogens is 365 g/mol. The van der Waals surface area contributed by atoms with E-state index in [0.29, 0.717) is 5.70 Å². The number of carbonyl (C=O) groups excluding carboxylic acids is 2. The molecule has 0 radical (unpaired) electrons. The fraction of sp³-hybridized carbons (Fsp3) is 0.636. The molecule has 1 saturated heterocycles. The van der Waals surface area contributed by atoms with Gasteiger partial charge in [-0.1, -0.05) is 33.7 Å². The molecule has 0 saturated carbocycles. The molecule has 0 aromatic heterocycles. The van der Waals surface area contributed by atoms with E-state index in [9.17, 15) is 9.59 Å². The smallest absolute Gasteiger partial charge is 0.357 e. The molecule has 0 aromatic carbocycles. The van der Waals surface area contributed by atoms with Crippen LogP contribution in [0.15, 0.2) is 11.3 Å². The van der Waals surface area contributed by atoms with Crippen LogP contribution in [0.4, 0.5) is 0 Å². The molecule has 10 heteroatoms. The third-order valence-corrected chi connectivity index (χ3v) is 6.10. The number of nitrogens with zero attached hydrogens (tertiary/aromatic N) is 1. The van der Waals surface area contributed by atoms with Crippen LogP contribution in [0, 0.1) is 11.8 Å². The summed E-state index contributed by atoms with van der Waals surface area (Å²) in [5.41, 5.74) is 1.35. The standard InChI is InChI=1S/C11H20NO4P5/c1-4-5(2)9(11(14)15-20-17)12-8(4)7(10(12)13)6(3)16-21(18)19/h4,6-8,20H,17-19H2,1-3H3/t4-,6+,7+,8+/m0/s1. The minimum atomic E-state index is -0.680. The Hall–Kier alpha value is 0.790. The van der Waals surface area contributed by atoms with E-state index in [-0.39, 0.29) is 38.4 Å². The lowest BCUT2D eigenvalue weighted by atomic mass is 9.78. The highest BCUT2D eigenvalue weighted by atomic mass is 32.4. The fourth-order valence-electron chi connectivity index (χ4n) is 3.08. The second-order valence-corrected chi connectivity index (χ2v) is 12.1. The molecule has 1 fully saturated rings. The van der Waals surface area contributed by atoms with Gasteiger partial charge in [-0.3, -0.25) is 4.79 Å². The summed E-state index contributed by atoms with van der Waals surface area (Å²) >= 11 is 0. The van der Waals surface area contributed by atoms with Crippen molar-refractivity contribution in [1.82, 2.24) is 4.90 Å². The number of amides is 1. The summed E-state index contributed by atoms with van der Waals surface area (Å²) in [6.07, 6.45) is -0.158. The zero-order chi connectivity index (χ0) is 15.9. The van der Waals surface area contributed by atoms with Crippen molar-refractivity contribution in [3.8, 4) is 0 Å². The molecule has 2 aliphatic rings. The third-order valence-electron chi connectivity index (χ3n) is 4.14. The van der Waals surface area contributed by atoms with Crippen LogP contribution in [0.25, 0.3) is 0 Å². The van der Waals surface area contributed by atoms with Crippen molar-refractivity contribution in [3.63, 3.8) is 0 Å². The van der Waals surface area contributed by atoms with Crippen LogP contribution in [0.2, 0.25) is 0 Å². The van der Waals surface area contributed by atoms with Gasteiger partial charge in [0, 0.05) is 5.92 Å². The predicted octanol–water partition coefficient (Wildman–Crippen LogP) is 3.05. The van der Waals surface area contributed by atoms with Gasteiger partial charge in [0.15, 0.2) is 0 Å². The number of hydrogen-bond acceptors (Lipinski definition) is 4. The lowest BCUT2D eigenvalue weighted by Gasteiger charge is -2.47. The van der Waals surface area contributed by atoms with Gasteiger partial charge in [0.05, 0.1) is 34.1 Å². The van der Waals surface area contributed by atoms with E-state index in [1.54, 1.807) is 4.90 Å². The highest BCUT2D eigenvalue weighted by Gasteiger charge is 2.59. The van der Waals surface area contributed by atoms with Crippen LogP contribution in [-0.4, -0.2) is 28.9 Å². The summed E-state index contributed by atoms with van der Waals surface area (Å²) in [4.78, 5) is 26.1. The quantitative estimate of drug-likeness (QED) is 0.539. The molecule has 1 amide bonds. The van der Waals surface area contributed by atoms with Gasteiger partial charge in [-0.2, -0.15) is 0 Å². The highest BCUT2D eigenvalue weighted by Crippen LogP contribution is 2.57. The maximum atomic E-state index is 12.5. The van der Waals surface area contributed by atoms with Gasteiger partial charge in [0.25, 0.3) is 0 Å². The zero-order valence-corrected chi connectivity index (χ0v) is 17.4. The van der Waals surface area contributed by atoms with E-state index in [1.807, 2.05) is 20.8 Å². The molecule has 2 aliphatic heterocycles. The Morgan fingerprint density at radius 3 is 2.62 bits per heavy atom. The summed E-state index contributed by atoms with van der Waals surface area (Å²) in [5, 5.41) is 0. The van der Waals surface area contributed by atoms with Crippen molar-refractivity contribution in [2.45, 2.75) is 32.9 Å². The van der Waals surface area contributed by atoms with Crippen molar-refractivity contribution in [2.75, 3.05) is 0 Å². The number of hydrogen-bond donors (Lipinski definition) is 0. The molecule has 21 heavy (non-hydrogen) atoms. The molecule has 0 bridgehead atoms. The zero-order valence-electron chi connectivity index (χ0n) is 12.1. The summed E-state index contributed by atoms with van der Waals surface area (Å²) in [5.74, 6) is -0.490. The summed E-state index contributed by atoms with van der Waals surface area (Å²) in [6.45, 7) is 5.87. The first-order valence-corrected chi connectivity index (χ1v) is 13.7. The Balaban J connectivity index is 2.20. The van der Waals surface area contributed by atoms with E-state index < -0.39 is 13.5 Å². The molecule has 4 unspecified atom stereocenters. The normalized spacial score (nSPS) is 30.1. The highest BCUT2D eigenvalue weighted by molar-refractivity contribution is 8.41. The van der Waals surface area contributed by atoms with Gasteiger partial charge in [-0.15, -0.1) is 0 Å². The van der Waals surface area contributed by atoms with Gasteiger partial charge in [-0.25, -0.2) is 4.79 Å². The predicted molar refractivity (Wildman–Crippen MR) is 97.0 cm³/mol. The molecule has 8 atom stereocenters. The Morgan fingerprint density at radius 1 is 1.48 bits per heavy atom.